The second kappa shape index (κ2) is 12.5. The first-order valence-electron chi connectivity index (χ1n) is 13.7. The molecule has 3 aliphatic rings. The number of hydrogen-bond donors (Lipinski definition) is 5. The van der Waals surface area contributed by atoms with E-state index >= 15 is 0 Å². The molecule has 2 heterocycles. The lowest BCUT2D eigenvalue weighted by molar-refractivity contribution is -0.134. The minimum atomic E-state index is -1.11. The van der Waals surface area contributed by atoms with Crippen molar-refractivity contribution >= 4 is 18.0 Å². The normalized spacial score (nSPS) is 23.3. The summed E-state index contributed by atoms with van der Waals surface area (Å²) < 4.78 is 0. The summed E-state index contributed by atoms with van der Waals surface area (Å²) in [6.45, 7) is 7.03. The molecule has 38 heavy (non-hydrogen) atoms. The molecule has 1 aliphatic carbocycles. The molecule has 9 nitrogen and oxygen atoms in total. The van der Waals surface area contributed by atoms with Crippen LogP contribution in [-0.4, -0.2) is 65.3 Å². The van der Waals surface area contributed by atoms with Crippen LogP contribution in [0.1, 0.15) is 63.9 Å². The quantitative estimate of drug-likeness (QED) is 0.312. The van der Waals surface area contributed by atoms with Crippen LogP contribution >= 0.6 is 0 Å². The molecule has 1 aromatic rings. The number of benzene rings is 1. The highest BCUT2D eigenvalue weighted by Gasteiger charge is 2.43. The average molecular weight is 525 g/mol. The maximum absolute atomic E-state index is 12.5. The molecule has 0 radical (unpaired) electrons. The summed E-state index contributed by atoms with van der Waals surface area (Å²) in [6.07, 6.45) is 5.09. The third kappa shape index (κ3) is 6.56. The Hall–Kier alpha value is -3.33. The number of rotatable bonds is 9. The molecule has 2 aliphatic heterocycles. The predicted molar refractivity (Wildman–Crippen MR) is 144 cm³/mol. The summed E-state index contributed by atoms with van der Waals surface area (Å²) in [5.41, 5.74) is 2.59. The second-order valence-electron chi connectivity index (χ2n) is 10.8. The standard InChI is InChI=1S/C29H40N4O5/c1-18-24(27(34)35)26(25(28(36)37)19(2)31-18)22-9-10-23(17-22)32-29(38)30-13-6-14-33-15-11-21(12-16-33)20-7-4-3-5-8-20/h3-5,7-8,21-23,26,31H,6,9-17H2,1-2H3,(H,34,35)(H,36,37)(H2,30,32,38)/t22-,23+/m0/s1. The van der Waals surface area contributed by atoms with Gasteiger partial charge in [0.2, 0.25) is 0 Å². The van der Waals surface area contributed by atoms with Gasteiger partial charge in [0.25, 0.3) is 0 Å². The van der Waals surface area contributed by atoms with Gasteiger partial charge in [-0.15, -0.1) is 0 Å². The van der Waals surface area contributed by atoms with E-state index in [2.05, 4.69) is 51.2 Å². The number of nitrogens with zero attached hydrogens (tertiary/aromatic N) is 1. The maximum atomic E-state index is 12.5. The number of carbonyl (C=O) groups excluding carboxylic acids is 1. The van der Waals surface area contributed by atoms with Crippen molar-refractivity contribution in [2.24, 2.45) is 11.8 Å². The lowest BCUT2D eigenvalue weighted by atomic mass is 9.76. The first-order chi connectivity index (χ1) is 18.2. The number of dihydropyridines is 1. The molecule has 206 valence electrons. The molecule has 2 atom stereocenters. The van der Waals surface area contributed by atoms with Gasteiger partial charge in [0.05, 0.1) is 11.1 Å². The highest BCUT2D eigenvalue weighted by Crippen LogP contribution is 2.43. The first-order valence-corrected chi connectivity index (χ1v) is 13.7. The molecule has 4 rings (SSSR count). The van der Waals surface area contributed by atoms with E-state index in [4.69, 9.17) is 0 Å². The van der Waals surface area contributed by atoms with E-state index in [-0.39, 0.29) is 29.1 Å². The van der Waals surface area contributed by atoms with Crippen molar-refractivity contribution in [3.63, 3.8) is 0 Å². The third-order valence-corrected chi connectivity index (χ3v) is 8.34. The molecule has 0 bridgehead atoms. The molecule has 1 saturated heterocycles. The van der Waals surface area contributed by atoms with Crippen LogP contribution < -0.4 is 16.0 Å². The van der Waals surface area contributed by atoms with E-state index in [0.717, 1.165) is 38.9 Å². The van der Waals surface area contributed by atoms with E-state index in [1.807, 2.05) is 0 Å². The zero-order valence-corrected chi connectivity index (χ0v) is 22.3. The van der Waals surface area contributed by atoms with Crippen molar-refractivity contribution in [3.05, 3.63) is 58.4 Å². The summed E-state index contributed by atoms with van der Waals surface area (Å²) in [7, 11) is 0. The zero-order chi connectivity index (χ0) is 27.2. The molecular formula is C29H40N4O5. The SMILES string of the molecule is CC1=C(C(=O)O)C([C@H]2CC[C@@H](NC(=O)NCCCN3CCC(c4ccccc4)CC3)C2)C(C(=O)O)=C(C)N1. The number of carbonyl (C=O) groups is 3. The average Bonchev–Trinajstić information content (AvgIpc) is 3.34. The molecule has 5 N–H and O–H groups in total. The molecular weight excluding hydrogens is 484 g/mol. The summed E-state index contributed by atoms with van der Waals surface area (Å²) in [4.78, 5) is 39.0. The van der Waals surface area contributed by atoms with Crippen LogP contribution in [0.5, 0.6) is 0 Å². The van der Waals surface area contributed by atoms with Gasteiger partial charge in [0.1, 0.15) is 0 Å². The van der Waals surface area contributed by atoms with Gasteiger partial charge >= 0.3 is 18.0 Å². The largest absolute Gasteiger partial charge is 0.478 e. The number of carboxylic acids is 2. The van der Waals surface area contributed by atoms with Crippen LogP contribution in [0, 0.1) is 11.8 Å². The Labute approximate surface area is 224 Å². The van der Waals surface area contributed by atoms with Crippen LogP contribution in [0.3, 0.4) is 0 Å². The Morgan fingerprint density at radius 1 is 0.947 bits per heavy atom. The van der Waals surface area contributed by atoms with Crippen LogP contribution in [0.15, 0.2) is 52.9 Å². The Balaban J connectivity index is 1.20. The fourth-order valence-electron chi connectivity index (χ4n) is 6.49. The number of urea groups is 1. The van der Waals surface area contributed by atoms with Crippen LogP contribution in [-0.2, 0) is 9.59 Å². The number of nitrogens with one attached hydrogen (secondary N) is 3. The summed E-state index contributed by atoms with van der Waals surface area (Å²) in [5, 5.41) is 28.5. The minimum Gasteiger partial charge on any atom is -0.478 e. The fraction of sp³-hybridized carbons (Fsp3) is 0.552. The Morgan fingerprint density at radius 2 is 1.58 bits per heavy atom. The number of piperidine rings is 1. The van der Waals surface area contributed by atoms with Gasteiger partial charge in [-0.2, -0.15) is 0 Å². The molecule has 9 heteroatoms. The van der Waals surface area contributed by atoms with Crippen molar-refractivity contribution in [1.29, 1.82) is 0 Å². The van der Waals surface area contributed by atoms with E-state index in [0.29, 0.717) is 43.1 Å². The molecule has 0 aromatic heterocycles. The predicted octanol–water partition coefficient (Wildman–Crippen LogP) is 3.66. The van der Waals surface area contributed by atoms with Gasteiger partial charge in [-0.3, -0.25) is 0 Å². The van der Waals surface area contributed by atoms with E-state index in [9.17, 15) is 24.6 Å². The lowest BCUT2D eigenvalue weighted by Gasteiger charge is -2.32. The summed E-state index contributed by atoms with van der Waals surface area (Å²) in [6, 6.07) is 10.4. The van der Waals surface area contributed by atoms with Crippen molar-refractivity contribution < 1.29 is 24.6 Å². The summed E-state index contributed by atoms with van der Waals surface area (Å²) >= 11 is 0. The van der Waals surface area contributed by atoms with Gasteiger partial charge in [-0.05, 0) is 89.4 Å². The Bertz CT molecular complexity index is 1060. The molecule has 2 fully saturated rings. The van der Waals surface area contributed by atoms with E-state index < -0.39 is 17.9 Å². The molecule has 1 aromatic carbocycles. The first kappa shape index (κ1) is 27.7. The number of aliphatic carboxylic acids is 2. The van der Waals surface area contributed by atoms with Crippen LogP contribution in [0.2, 0.25) is 0 Å². The van der Waals surface area contributed by atoms with Crippen molar-refractivity contribution in [1.82, 2.24) is 20.9 Å². The molecule has 0 spiro atoms. The molecule has 2 amide bonds. The minimum absolute atomic E-state index is 0.107. The van der Waals surface area contributed by atoms with Gasteiger partial charge in [-0.1, -0.05) is 30.3 Å². The highest BCUT2D eigenvalue weighted by atomic mass is 16.4. The van der Waals surface area contributed by atoms with E-state index in [1.54, 1.807) is 13.8 Å². The topological polar surface area (TPSA) is 131 Å². The monoisotopic (exact) mass is 524 g/mol. The van der Waals surface area contributed by atoms with Gasteiger partial charge in [0, 0.05) is 29.9 Å². The third-order valence-electron chi connectivity index (χ3n) is 8.34. The molecule has 0 unspecified atom stereocenters. The fourth-order valence-corrected chi connectivity index (χ4v) is 6.49. The van der Waals surface area contributed by atoms with Gasteiger partial charge < -0.3 is 31.1 Å². The number of carboxylic acid groups (broad SMARTS) is 2. The smallest absolute Gasteiger partial charge is 0.333 e. The highest BCUT2D eigenvalue weighted by molar-refractivity contribution is 5.96. The van der Waals surface area contributed by atoms with Crippen LogP contribution in [0.4, 0.5) is 4.79 Å². The van der Waals surface area contributed by atoms with Crippen molar-refractivity contribution in [2.75, 3.05) is 26.2 Å². The number of hydrogen-bond acceptors (Lipinski definition) is 5. The van der Waals surface area contributed by atoms with E-state index in [1.165, 1.54) is 5.56 Å². The van der Waals surface area contributed by atoms with Crippen LogP contribution in [0.25, 0.3) is 0 Å². The zero-order valence-electron chi connectivity index (χ0n) is 22.3. The lowest BCUT2D eigenvalue weighted by Crippen LogP contribution is -2.42. The molecule has 1 saturated carbocycles. The van der Waals surface area contributed by atoms with Gasteiger partial charge in [-0.25, -0.2) is 14.4 Å². The number of likely N-dealkylation sites (tertiary alicyclic amines) is 1. The Kier molecular flexibility index (Phi) is 9.09. The maximum Gasteiger partial charge on any atom is 0.333 e. The Morgan fingerprint density at radius 3 is 2.18 bits per heavy atom. The number of allylic oxidation sites excluding steroid dienone is 2. The van der Waals surface area contributed by atoms with Gasteiger partial charge in [0.15, 0.2) is 0 Å². The number of amides is 2. The van der Waals surface area contributed by atoms with Crippen molar-refractivity contribution in [3.8, 4) is 0 Å². The summed E-state index contributed by atoms with van der Waals surface area (Å²) in [5.74, 6) is -2.45. The second-order valence-corrected chi connectivity index (χ2v) is 10.8. The van der Waals surface area contributed by atoms with Crippen molar-refractivity contribution in [2.45, 2.75) is 64.3 Å².